The summed E-state index contributed by atoms with van der Waals surface area (Å²) in [6.07, 6.45) is 6.17. The van der Waals surface area contributed by atoms with E-state index in [1.54, 1.807) is 12.1 Å². The molecule has 1 aromatic carbocycles. The number of ether oxygens (including phenoxy) is 1. The van der Waals surface area contributed by atoms with Crippen LogP contribution in [0.4, 0.5) is 5.69 Å². The first-order valence-corrected chi connectivity index (χ1v) is 7.11. The molecule has 0 bridgehead atoms. The minimum absolute atomic E-state index is 0.0291. The smallest absolute Gasteiger partial charge is 0.162 e. The van der Waals surface area contributed by atoms with Crippen LogP contribution in [0.5, 0.6) is 5.75 Å². The lowest BCUT2D eigenvalue weighted by Gasteiger charge is -2.15. The van der Waals surface area contributed by atoms with Crippen molar-refractivity contribution < 1.29 is 9.53 Å². The second-order valence-electron chi connectivity index (χ2n) is 5.08. The van der Waals surface area contributed by atoms with Crippen molar-refractivity contribution in [1.29, 1.82) is 0 Å². The SMILES string of the molecule is CCCCCCC(C)Oc1ccc(N)c(C(C)=O)c1. The summed E-state index contributed by atoms with van der Waals surface area (Å²) < 4.78 is 5.83. The largest absolute Gasteiger partial charge is 0.491 e. The van der Waals surface area contributed by atoms with Gasteiger partial charge in [0.15, 0.2) is 5.78 Å². The van der Waals surface area contributed by atoms with Gasteiger partial charge in [0.05, 0.1) is 6.10 Å². The summed E-state index contributed by atoms with van der Waals surface area (Å²) in [5, 5.41) is 0. The molecule has 106 valence electrons. The Bertz CT molecular complexity index is 415. The fourth-order valence-corrected chi connectivity index (χ4v) is 2.06. The van der Waals surface area contributed by atoms with E-state index in [0.29, 0.717) is 11.3 Å². The number of anilines is 1. The summed E-state index contributed by atoms with van der Waals surface area (Å²) in [5.41, 5.74) is 6.81. The van der Waals surface area contributed by atoms with Gasteiger partial charge in [0, 0.05) is 11.3 Å². The third kappa shape index (κ3) is 5.33. The van der Waals surface area contributed by atoms with Crippen LogP contribution in [0.15, 0.2) is 18.2 Å². The van der Waals surface area contributed by atoms with E-state index in [9.17, 15) is 4.79 Å². The first kappa shape index (κ1) is 15.5. The maximum absolute atomic E-state index is 11.4. The molecular weight excluding hydrogens is 238 g/mol. The Kier molecular flexibility index (Phi) is 6.40. The van der Waals surface area contributed by atoms with Crippen molar-refractivity contribution in [2.45, 2.75) is 59.0 Å². The van der Waals surface area contributed by atoms with Gasteiger partial charge in [0.25, 0.3) is 0 Å². The zero-order valence-electron chi connectivity index (χ0n) is 12.2. The Hall–Kier alpha value is -1.51. The molecule has 0 aliphatic heterocycles. The lowest BCUT2D eigenvalue weighted by Crippen LogP contribution is -2.12. The van der Waals surface area contributed by atoms with Crippen LogP contribution in [0.1, 0.15) is 63.2 Å². The van der Waals surface area contributed by atoms with Crippen molar-refractivity contribution in [3.63, 3.8) is 0 Å². The van der Waals surface area contributed by atoms with E-state index in [1.165, 1.54) is 32.6 Å². The highest BCUT2D eigenvalue weighted by Crippen LogP contribution is 2.22. The fourth-order valence-electron chi connectivity index (χ4n) is 2.06. The molecule has 2 N–H and O–H groups in total. The van der Waals surface area contributed by atoms with Crippen LogP contribution in [-0.4, -0.2) is 11.9 Å². The van der Waals surface area contributed by atoms with Gasteiger partial charge in [0.2, 0.25) is 0 Å². The normalized spacial score (nSPS) is 12.2. The number of benzene rings is 1. The zero-order valence-corrected chi connectivity index (χ0v) is 12.2. The fraction of sp³-hybridized carbons (Fsp3) is 0.562. The molecule has 1 atom stereocenters. The van der Waals surface area contributed by atoms with Gasteiger partial charge >= 0.3 is 0 Å². The quantitative estimate of drug-likeness (QED) is 0.434. The maximum atomic E-state index is 11.4. The highest BCUT2D eigenvalue weighted by atomic mass is 16.5. The van der Waals surface area contributed by atoms with E-state index in [4.69, 9.17) is 10.5 Å². The van der Waals surface area contributed by atoms with E-state index in [1.807, 2.05) is 6.07 Å². The minimum Gasteiger partial charge on any atom is -0.491 e. The third-order valence-electron chi connectivity index (χ3n) is 3.21. The highest BCUT2D eigenvalue weighted by molar-refractivity contribution is 5.99. The lowest BCUT2D eigenvalue weighted by atomic mass is 10.1. The molecule has 0 amide bonds. The molecule has 19 heavy (non-hydrogen) atoms. The van der Waals surface area contributed by atoms with E-state index >= 15 is 0 Å². The molecule has 0 aliphatic carbocycles. The summed E-state index contributed by atoms with van der Waals surface area (Å²) >= 11 is 0. The molecule has 0 radical (unpaired) electrons. The van der Waals surface area contributed by atoms with Crippen molar-refractivity contribution in [1.82, 2.24) is 0 Å². The number of nitrogen functional groups attached to an aromatic ring is 1. The number of hydrogen-bond donors (Lipinski definition) is 1. The molecule has 1 unspecified atom stereocenters. The van der Waals surface area contributed by atoms with Crippen molar-refractivity contribution >= 4 is 11.5 Å². The van der Waals surface area contributed by atoms with Crippen LogP contribution in [-0.2, 0) is 0 Å². The van der Waals surface area contributed by atoms with Crippen molar-refractivity contribution in [3.05, 3.63) is 23.8 Å². The number of carbonyl (C=O) groups excluding carboxylic acids is 1. The third-order valence-corrected chi connectivity index (χ3v) is 3.21. The molecule has 3 heteroatoms. The predicted octanol–water partition coefficient (Wildman–Crippen LogP) is 4.21. The maximum Gasteiger partial charge on any atom is 0.162 e. The van der Waals surface area contributed by atoms with Crippen molar-refractivity contribution in [2.24, 2.45) is 0 Å². The molecule has 1 rings (SSSR count). The molecule has 0 spiro atoms. The molecule has 0 fully saturated rings. The van der Waals surface area contributed by atoms with Gasteiger partial charge in [0.1, 0.15) is 5.75 Å². The standard InChI is InChI=1S/C16H25NO2/c1-4-5-6-7-8-12(2)19-14-9-10-16(17)15(11-14)13(3)18/h9-12H,4-8,17H2,1-3H3. The van der Waals surface area contributed by atoms with Crippen molar-refractivity contribution in [2.75, 3.05) is 5.73 Å². The topological polar surface area (TPSA) is 52.3 Å². The van der Waals surface area contributed by atoms with Crippen LogP contribution in [0.2, 0.25) is 0 Å². The molecule has 0 saturated carbocycles. The average molecular weight is 263 g/mol. The van der Waals surface area contributed by atoms with Gasteiger partial charge in [-0.05, 0) is 44.9 Å². The summed E-state index contributed by atoms with van der Waals surface area (Å²) in [6.45, 7) is 5.79. The average Bonchev–Trinajstić information content (AvgIpc) is 2.36. The summed E-state index contributed by atoms with van der Waals surface area (Å²) in [7, 11) is 0. The van der Waals surface area contributed by atoms with Crippen LogP contribution in [0, 0.1) is 0 Å². The first-order valence-electron chi connectivity index (χ1n) is 7.11. The second kappa shape index (κ2) is 7.82. The van der Waals surface area contributed by atoms with Gasteiger partial charge < -0.3 is 10.5 Å². The lowest BCUT2D eigenvalue weighted by molar-refractivity contribution is 0.101. The molecule has 0 aliphatic rings. The van der Waals surface area contributed by atoms with Crippen LogP contribution < -0.4 is 10.5 Å². The highest BCUT2D eigenvalue weighted by Gasteiger charge is 2.09. The van der Waals surface area contributed by atoms with Crippen molar-refractivity contribution in [3.8, 4) is 5.75 Å². The Morgan fingerprint density at radius 1 is 1.32 bits per heavy atom. The summed E-state index contributed by atoms with van der Waals surface area (Å²) in [6, 6.07) is 5.29. The number of Topliss-reactive ketones (excluding diaryl/α,β-unsaturated/α-hetero) is 1. The first-order chi connectivity index (χ1) is 9.04. The number of hydrogen-bond acceptors (Lipinski definition) is 3. The Labute approximate surface area is 116 Å². The zero-order chi connectivity index (χ0) is 14.3. The van der Waals surface area contributed by atoms with Gasteiger partial charge in [-0.3, -0.25) is 4.79 Å². The number of ketones is 1. The summed E-state index contributed by atoms with van der Waals surface area (Å²) in [4.78, 5) is 11.4. The number of nitrogens with two attached hydrogens (primary N) is 1. The molecule has 1 aromatic rings. The number of rotatable bonds is 8. The van der Waals surface area contributed by atoms with Gasteiger partial charge in [-0.2, -0.15) is 0 Å². The molecule has 0 heterocycles. The predicted molar refractivity (Wildman–Crippen MR) is 79.7 cm³/mol. The Morgan fingerprint density at radius 2 is 2.05 bits per heavy atom. The second-order valence-corrected chi connectivity index (χ2v) is 5.08. The molecule has 0 aromatic heterocycles. The molecular formula is C16H25NO2. The number of unbranched alkanes of at least 4 members (excludes halogenated alkanes) is 3. The molecule has 0 saturated heterocycles. The van der Waals surface area contributed by atoms with E-state index in [-0.39, 0.29) is 11.9 Å². The van der Waals surface area contributed by atoms with E-state index in [0.717, 1.165) is 12.2 Å². The van der Waals surface area contributed by atoms with Crippen LogP contribution in [0.3, 0.4) is 0 Å². The monoisotopic (exact) mass is 263 g/mol. The number of carbonyl (C=O) groups is 1. The Balaban J connectivity index is 2.52. The van der Waals surface area contributed by atoms with Gasteiger partial charge in [-0.1, -0.05) is 26.2 Å². The minimum atomic E-state index is -0.0291. The summed E-state index contributed by atoms with van der Waals surface area (Å²) in [5.74, 6) is 0.695. The van der Waals surface area contributed by atoms with Crippen LogP contribution in [0.25, 0.3) is 0 Å². The van der Waals surface area contributed by atoms with E-state index < -0.39 is 0 Å². The van der Waals surface area contributed by atoms with Gasteiger partial charge in [-0.15, -0.1) is 0 Å². The van der Waals surface area contributed by atoms with Gasteiger partial charge in [-0.25, -0.2) is 0 Å². The van der Waals surface area contributed by atoms with E-state index in [2.05, 4.69) is 13.8 Å². The Morgan fingerprint density at radius 3 is 2.68 bits per heavy atom. The van der Waals surface area contributed by atoms with Crippen LogP contribution >= 0.6 is 0 Å². The molecule has 3 nitrogen and oxygen atoms in total.